The van der Waals surface area contributed by atoms with Gasteiger partial charge < -0.3 is 9.80 Å². The van der Waals surface area contributed by atoms with Crippen LogP contribution in [0.4, 0.5) is 4.39 Å². The van der Waals surface area contributed by atoms with Crippen molar-refractivity contribution in [3.05, 3.63) is 35.6 Å². The average molecular weight is 392 g/mol. The first kappa shape index (κ1) is 18.7. The van der Waals surface area contributed by atoms with Crippen molar-refractivity contribution in [2.75, 3.05) is 39.3 Å². The molecule has 3 fully saturated rings. The standard InChI is InChI=1S/C20H26FN3O2S/c1-14-18(25)24(20(27-14)16-4-2-3-5-17(16)21)13-10-22-8-11-23(12-9-22)19(26)15-6-7-15/h2-5,14-15,20H,6-13H2,1H3. The highest BCUT2D eigenvalue weighted by Crippen LogP contribution is 2.43. The minimum Gasteiger partial charge on any atom is -0.340 e. The van der Waals surface area contributed by atoms with Crippen LogP contribution >= 0.6 is 11.8 Å². The summed E-state index contributed by atoms with van der Waals surface area (Å²) in [5, 5.41) is -0.408. The lowest BCUT2D eigenvalue weighted by molar-refractivity contribution is -0.134. The number of thioether (sulfide) groups is 1. The van der Waals surface area contributed by atoms with Crippen LogP contribution in [0, 0.1) is 11.7 Å². The summed E-state index contributed by atoms with van der Waals surface area (Å²) in [7, 11) is 0. The summed E-state index contributed by atoms with van der Waals surface area (Å²) in [6.45, 7) is 6.46. The maximum Gasteiger partial charge on any atom is 0.236 e. The van der Waals surface area contributed by atoms with Gasteiger partial charge in [-0.1, -0.05) is 18.2 Å². The third-order valence-corrected chi connectivity index (χ3v) is 7.06. The lowest BCUT2D eigenvalue weighted by atomic mass is 10.2. The van der Waals surface area contributed by atoms with Gasteiger partial charge in [-0.15, -0.1) is 11.8 Å². The normalized spacial score (nSPS) is 26.7. The molecule has 5 nitrogen and oxygen atoms in total. The molecular weight excluding hydrogens is 365 g/mol. The Kier molecular flexibility index (Phi) is 5.41. The van der Waals surface area contributed by atoms with E-state index in [1.807, 2.05) is 22.8 Å². The SMILES string of the molecule is CC1SC(c2ccccc2F)N(CCN2CCN(C(=O)C3CC3)CC2)C1=O. The van der Waals surface area contributed by atoms with Crippen LogP contribution < -0.4 is 0 Å². The van der Waals surface area contributed by atoms with Crippen molar-refractivity contribution in [1.82, 2.24) is 14.7 Å². The predicted octanol–water partition coefficient (Wildman–Crippen LogP) is 2.34. The summed E-state index contributed by atoms with van der Waals surface area (Å²) in [5.41, 5.74) is 0.583. The van der Waals surface area contributed by atoms with Crippen molar-refractivity contribution >= 4 is 23.6 Å². The molecule has 27 heavy (non-hydrogen) atoms. The molecule has 2 unspecified atom stereocenters. The van der Waals surface area contributed by atoms with Crippen LogP contribution in [0.25, 0.3) is 0 Å². The summed E-state index contributed by atoms with van der Waals surface area (Å²) in [4.78, 5) is 30.9. The Morgan fingerprint density at radius 1 is 1.15 bits per heavy atom. The average Bonchev–Trinajstić information content (AvgIpc) is 3.48. The minimum absolute atomic E-state index is 0.0794. The van der Waals surface area contributed by atoms with Crippen molar-refractivity contribution in [1.29, 1.82) is 0 Å². The topological polar surface area (TPSA) is 43.9 Å². The highest BCUT2D eigenvalue weighted by Gasteiger charge is 2.40. The number of halogens is 1. The molecule has 2 heterocycles. The van der Waals surface area contributed by atoms with Crippen LogP contribution in [0.3, 0.4) is 0 Å². The molecule has 0 N–H and O–H groups in total. The Bertz CT molecular complexity index is 719. The molecule has 146 valence electrons. The zero-order valence-corrected chi connectivity index (χ0v) is 16.5. The van der Waals surface area contributed by atoms with Gasteiger partial charge >= 0.3 is 0 Å². The largest absolute Gasteiger partial charge is 0.340 e. The third-order valence-electron chi connectivity index (χ3n) is 5.69. The molecule has 2 saturated heterocycles. The number of hydrogen-bond acceptors (Lipinski definition) is 4. The van der Waals surface area contributed by atoms with Gasteiger partial charge in [0.15, 0.2) is 0 Å². The minimum atomic E-state index is -0.258. The molecule has 3 aliphatic rings. The van der Waals surface area contributed by atoms with Gasteiger partial charge in [-0.05, 0) is 25.8 Å². The molecule has 2 atom stereocenters. The first-order valence-corrected chi connectivity index (χ1v) is 10.7. The first-order chi connectivity index (χ1) is 13.0. The highest BCUT2D eigenvalue weighted by atomic mass is 32.2. The van der Waals surface area contributed by atoms with Crippen LogP contribution in [0.1, 0.15) is 30.7 Å². The van der Waals surface area contributed by atoms with Crippen LogP contribution in [-0.4, -0.2) is 71.0 Å². The number of nitrogens with zero attached hydrogens (tertiary/aromatic N) is 3. The fraction of sp³-hybridized carbons (Fsp3) is 0.600. The molecule has 1 aromatic carbocycles. The molecule has 0 radical (unpaired) electrons. The van der Waals surface area contributed by atoms with Crippen molar-refractivity contribution in [2.24, 2.45) is 5.92 Å². The lowest BCUT2D eigenvalue weighted by Crippen LogP contribution is -2.51. The third kappa shape index (κ3) is 3.99. The zero-order chi connectivity index (χ0) is 19.0. The van der Waals surface area contributed by atoms with E-state index in [0.29, 0.717) is 18.0 Å². The zero-order valence-electron chi connectivity index (χ0n) is 15.6. The second-order valence-corrected chi connectivity index (χ2v) is 9.05. The van der Waals surface area contributed by atoms with E-state index < -0.39 is 0 Å². The first-order valence-electron chi connectivity index (χ1n) is 9.76. The number of piperazine rings is 1. The Hall–Kier alpha value is -1.60. The van der Waals surface area contributed by atoms with Gasteiger partial charge in [0.05, 0.1) is 5.25 Å². The second-order valence-electron chi connectivity index (χ2n) is 7.63. The molecule has 0 bridgehead atoms. The van der Waals surface area contributed by atoms with Crippen molar-refractivity contribution < 1.29 is 14.0 Å². The van der Waals surface area contributed by atoms with Crippen LogP contribution in [0.2, 0.25) is 0 Å². The number of amides is 2. The molecule has 1 aromatic rings. The fourth-order valence-corrected chi connectivity index (χ4v) is 5.18. The summed E-state index contributed by atoms with van der Waals surface area (Å²) in [6.07, 6.45) is 2.09. The monoisotopic (exact) mass is 391 g/mol. The van der Waals surface area contributed by atoms with Crippen LogP contribution in [-0.2, 0) is 9.59 Å². The van der Waals surface area contributed by atoms with E-state index in [1.54, 1.807) is 12.1 Å². The van der Waals surface area contributed by atoms with Gasteiger partial charge in [0.1, 0.15) is 11.2 Å². The highest BCUT2D eigenvalue weighted by molar-refractivity contribution is 8.01. The number of benzene rings is 1. The molecule has 2 aliphatic heterocycles. The molecule has 0 spiro atoms. The Labute approximate surface area is 163 Å². The second kappa shape index (κ2) is 7.80. The van der Waals surface area contributed by atoms with Gasteiger partial charge in [-0.25, -0.2) is 4.39 Å². The van der Waals surface area contributed by atoms with E-state index in [4.69, 9.17) is 0 Å². The maximum absolute atomic E-state index is 14.3. The van der Waals surface area contributed by atoms with Crippen LogP contribution in [0.15, 0.2) is 24.3 Å². The van der Waals surface area contributed by atoms with Gasteiger partial charge in [-0.2, -0.15) is 0 Å². The predicted molar refractivity (Wildman–Crippen MR) is 104 cm³/mol. The molecule has 4 rings (SSSR count). The van der Waals surface area contributed by atoms with Gasteiger partial charge in [-0.3, -0.25) is 14.5 Å². The molecule has 0 aromatic heterocycles. The Balaban J connectivity index is 1.34. The van der Waals surface area contributed by atoms with Crippen molar-refractivity contribution in [3.63, 3.8) is 0 Å². The number of hydrogen-bond donors (Lipinski definition) is 0. The van der Waals surface area contributed by atoms with Gasteiger partial charge in [0.2, 0.25) is 11.8 Å². The number of carbonyl (C=O) groups is 2. The molecule has 2 amide bonds. The van der Waals surface area contributed by atoms with Crippen molar-refractivity contribution in [3.8, 4) is 0 Å². The van der Waals surface area contributed by atoms with E-state index in [1.165, 1.54) is 17.8 Å². The van der Waals surface area contributed by atoms with E-state index in [9.17, 15) is 14.0 Å². The Morgan fingerprint density at radius 3 is 2.52 bits per heavy atom. The molecule has 1 aliphatic carbocycles. The molecule has 7 heteroatoms. The van der Waals surface area contributed by atoms with E-state index >= 15 is 0 Å². The van der Waals surface area contributed by atoms with Gasteiger partial charge in [0.25, 0.3) is 0 Å². The van der Waals surface area contributed by atoms with Crippen molar-refractivity contribution in [2.45, 2.75) is 30.4 Å². The maximum atomic E-state index is 14.3. The van der Waals surface area contributed by atoms with Crippen LogP contribution in [0.5, 0.6) is 0 Å². The van der Waals surface area contributed by atoms with Gasteiger partial charge in [0, 0.05) is 50.7 Å². The molecule has 1 saturated carbocycles. The summed E-state index contributed by atoms with van der Waals surface area (Å²) < 4.78 is 14.3. The molecular formula is C20H26FN3O2S. The summed E-state index contributed by atoms with van der Waals surface area (Å²) >= 11 is 1.52. The lowest BCUT2D eigenvalue weighted by Gasteiger charge is -2.36. The van der Waals surface area contributed by atoms with E-state index in [-0.39, 0.29) is 28.3 Å². The quantitative estimate of drug-likeness (QED) is 0.773. The summed E-state index contributed by atoms with van der Waals surface area (Å²) in [5.74, 6) is 0.415. The smallest absolute Gasteiger partial charge is 0.236 e. The fourth-order valence-electron chi connectivity index (χ4n) is 3.85. The summed E-state index contributed by atoms with van der Waals surface area (Å²) in [6, 6.07) is 6.72. The Morgan fingerprint density at radius 2 is 1.85 bits per heavy atom. The number of carbonyl (C=O) groups excluding carboxylic acids is 2. The van der Waals surface area contributed by atoms with E-state index in [0.717, 1.165) is 45.6 Å². The van der Waals surface area contributed by atoms with E-state index in [2.05, 4.69) is 4.90 Å². The number of rotatable bonds is 5.